The molecule has 0 bridgehead atoms. The topological polar surface area (TPSA) is 80.7 Å². The van der Waals surface area contributed by atoms with E-state index >= 15 is 0 Å². The third kappa shape index (κ3) is 4.06. The number of fused-ring (bicyclic) bond motifs is 5. The second kappa shape index (κ2) is 9.24. The van der Waals surface area contributed by atoms with Crippen LogP contribution in [0, 0.1) is 39.4 Å². The highest BCUT2D eigenvalue weighted by Crippen LogP contribution is 2.72. The Bertz CT molecular complexity index is 1090. The number of allylic oxidation sites excluding steroid dienone is 4. The molecule has 37 heavy (non-hydrogen) atoms. The van der Waals surface area contributed by atoms with E-state index in [1.165, 1.54) is 18.1 Å². The summed E-state index contributed by atoms with van der Waals surface area (Å²) in [7, 11) is 0. The van der Waals surface area contributed by atoms with Gasteiger partial charge in [0.05, 0.1) is 0 Å². The summed E-state index contributed by atoms with van der Waals surface area (Å²) in [5, 5.41) is 9.22. The summed E-state index contributed by atoms with van der Waals surface area (Å²) in [6.45, 7) is 16.8. The summed E-state index contributed by atoms with van der Waals surface area (Å²) in [6.07, 6.45) is 12.2. The molecule has 0 radical (unpaired) electrons. The van der Waals surface area contributed by atoms with Crippen LogP contribution in [0.5, 0.6) is 0 Å². The lowest BCUT2D eigenvalue weighted by molar-refractivity contribution is -0.152. The molecule has 4 rings (SSSR count). The highest BCUT2D eigenvalue weighted by molar-refractivity contribution is 5.86. The first kappa shape index (κ1) is 27.9. The van der Waals surface area contributed by atoms with Gasteiger partial charge >= 0.3 is 11.9 Å². The second-order valence-corrected chi connectivity index (χ2v) is 13.6. The molecule has 0 unspecified atom stereocenters. The van der Waals surface area contributed by atoms with Crippen LogP contribution >= 0.6 is 0 Å². The van der Waals surface area contributed by atoms with Crippen molar-refractivity contribution in [3.63, 3.8) is 0 Å². The number of carbonyl (C=O) groups is 3. The first-order valence-corrected chi connectivity index (χ1v) is 14.1. The van der Waals surface area contributed by atoms with Gasteiger partial charge in [-0.3, -0.25) is 9.59 Å². The van der Waals surface area contributed by atoms with Gasteiger partial charge in [-0.1, -0.05) is 59.8 Å². The van der Waals surface area contributed by atoms with E-state index in [0.717, 1.165) is 38.5 Å². The van der Waals surface area contributed by atoms with Crippen molar-refractivity contribution < 1.29 is 24.2 Å². The maximum Gasteiger partial charge on any atom is 0.330 e. The van der Waals surface area contributed by atoms with Crippen molar-refractivity contribution in [1.82, 2.24) is 0 Å². The van der Waals surface area contributed by atoms with Gasteiger partial charge in [-0.15, -0.1) is 0 Å². The van der Waals surface area contributed by atoms with Crippen molar-refractivity contribution in [2.24, 2.45) is 39.4 Å². The summed E-state index contributed by atoms with van der Waals surface area (Å²) in [5.41, 5.74) is 2.31. The van der Waals surface area contributed by atoms with E-state index < -0.39 is 5.97 Å². The van der Waals surface area contributed by atoms with Gasteiger partial charge in [0.25, 0.3) is 0 Å². The number of hydrogen-bond donors (Lipinski definition) is 1. The van der Waals surface area contributed by atoms with Crippen LogP contribution in [0.25, 0.3) is 0 Å². The molecule has 4 aliphatic rings. The fourth-order valence-electron chi connectivity index (χ4n) is 8.94. The number of Topliss-reactive ketones (excluding diaryl/α,β-unsaturated/α-hetero) is 1. The standard InChI is InChI=1S/C32H46O5/c1-19(10-9-11-20(2)28(35)36)24-18-27(37-21(3)33)32(8)23-12-13-25-29(4,5)26(34)15-16-30(25,6)22(23)14-17-31(24,32)7/h11-12,14,19,24-25,27H,9-10,13,15-18H2,1-8H3,(H,35,36)/b20-11+/t19-,24-,25+,27+,30-,31-,32-/m1/s1. The van der Waals surface area contributed by atoms with Crippen molar-refractivity contribution in [2.45, 2.75) is 106 Å². The first-order valence-electron chi connectivity index (χ1n) is 14.1. The number of esters is 1. The number of ketones is 1. The lowest BCUT2D eigenvalue weighted by Gasteiger charge is -2.60. The molecular formula is C32H46O5. The van der Waals surface area contributed by atoms with Gasteiger partial charge in [-0.2, -0.15) is 0 Å². The number of hydrogen-bond acceptors (Lipinski definition) is 4. The molecule has 0 aromatic rings. The van der Waals surface area contributed by atoms with Crippen molar-refractivity contribution in [2.75, 3.05) is 0 Å². The number of carboxylic acid groups (broad SMARTS) is 1. The third-order valence-electron chi connectivity index (χ3n) is 11.5. The summed E-state index contributed by atoms with van der Waals surface area (Å²) < 4.78 is 6.13. The molecule has 0 aromatic carbocycles. The predicted molar refractivity (Wildman–Crippen MR) is 145 cm³/mol. The zero-order valence-electron chi connectivity index (χ0n) is 24.1. The van der Waals surface area contributed by atoms with Gasteiger partial charge in [0, 0.05) is 29.7 Å². The van der Waals surface area contributed by atoms with E-state index in [4.69, 9.17) is 4.74 Å². The van der Waals surface area contributed by atoms with E-state index in [9.17, 15) is 19.5 Å². The van der Waals surface area contributed by atoms with E-state index in [-0.39, 0.29) is 39.7 Å². The summed E-state index contributed by atoms with van der Waals surface area (Å²) in [5.74, 6) is 0.251. The van der Waals surface area contributed by atoms with Crippen LogP contribution in [0.1, 0.15) is 100 Å². The Hall–Kier alpha value is -2.17. The molecule has 5 nitrogen and oxygen atoms in total. The molecule has 2 saturated carbocycles. The zero-order chi connectivity index (χ0) is 27.6. The number of aliphatic carboxylic acids is 1. The highest BCUT2D eigenvalue weighted by Gasteiger charge is 2.67. The Balaban J connectivity index is 1.73. The molecule has 0 amide bonds. The van der Waals surface area contributed by atoms with Crippen molar-refractivity contribution in [3.05, 3.63) is 34.9 Å². The van der Waals surface area contributed by atoms with Crippen LogP contribution < -0.4 is 0 Å². The van der Waals surface area contributed by atoms with Crippen molar-refractivity contribution >= 4 is 17.7 Å². The lowest BCUT2D eigenvalue weighted by atomic mass is 9.44. The van der Waals surface area contributed by atoms with Gasteiger partial charge < -0.3 is 9.84 Å². The van der Waals surface area contributed by atoms with Crippen molar-refractivity contribution in [3.8, 4) is 0 Å². The fourth-order valence-corrected chi connectivity index (χ4v) is 8.94. The maximum absolute atomic E-state index is 12.9. The first-order chi connectivity index (χ1) is 17.1. The molecule has 0 spiro atoms. The molecular weight excluding hydrogens is 464 g/mol. The van der Waals surface area contributed by atoms with Crippen LogP contribution in [0.2, 0.25) is 0 Å². The Morgan fingerprint density at radius 2 is 1.81 bits per heavy atom. The summed E-state index contributed by atoms with van der Waals surface area (Å²) in [4.78, 5) is 36.4. The fraction of sp³-hybridized carbons (Fsp3) is 0.719. The largest absolute Gasteiger partial charge is 0.478 e. The Morgan fingerprint density at radius 1 is 1.14 bits per heavy atom. The monoisotopic (exact) mass is 510 g/mol. The third-order valence-corrected chi connectivity index (χ3v) is 11.5. The molecule has 5 heteroatoms. The number of rotatable bonds is 6. The highest BCUT2D eigenvalue weighted by atomic mass is 16.5. The van der Waals surface area contributed by atoms with E-state index in [1.54, 1.807) is 6.92 Å². The molecule has 204 valence electrons. The van der Waals surface area contributed by atoms with Gasteiger partial charge in [-0.05, 0) is 85.2 Å². The smallest absolute Gasteiger partial charge is 0.330 e. The lowest BCUT2D eigenvalue weighted by Crippen LogP contribution is -2.55. The van der Waals surface area contributed by atoms with E-state index in [2.05, 4.69) is 53.7 Å². The predicted octanol–water partition coefficient (Wildman–Crippen LogP) is 7.07. The Morgan fingerprint density at radius 3 is 2.43 bits per heavy atom. The van der Waals surface area contributed by atoms with Gasteiger partial charge in [0.1, 0.15) is 11.9 Å². The van der Waals surface area contributed by atoms with Crippen LogP contribution in [0.4, 0.5) is 0 Å². The molecule has 7 atom stereocenters. The van der Waals surface area contributed by atoms with Crippen molar-refractivity contribution in [1.29, 1.82) is 0 Å². The van der Waals surface area contributed by atoms with Gasteiger partial charge in [-0.25, -0.2) is 4.79 Å². The zero-order valence-corrected chi connectivity index (χ0v) is 24.1. The molecule has 0 heterocycles. The minimum Gasteiger partial charge on any atom is -0.478 e. The SMILES string of the molecule is CC(=O)O[C@H]1C[C@H]([C@H](C)CC/C=C(\C)C(=O)O)[C@@]2(C)CC=C3C(=CC[C@H]4C(C)(C)C(=O)CC[C@]34C)[C@]12C. The summed E-state index contributed by atoms with van der Waals surface area (Å²) in [6, 6.07) is 0. The minimum absolute atomic E-state index is 0.0601. The molecule has 2 fully saturated rings. The Labute approximate surface area is 222 Å². The van der Waals surface area contributed by atoms with Gasteiger partial charge in [0.15, 0.2) is 0 Å². The molecule has 0 saturated heterocycles. The van der Waals surface area contributed by atoms with Crippen LogP contribution in [-0.2, 0) is 19.1 Å². The normalized spacial score (nSPS) is 39.5. The average Bonchev–Trinajstić information content (AvgIpc) is 3.03. The summed E-state index contributed by atoms with van der Waals surface area (Å²) >= 11 is 0. The quantitative estimate of drug-likeness (QED) is 0.305. The van der Waals surface area contributed by atoms with Crippen LogP contribution in [0.15, 0.2) is 34.9 Å². The minimum atomic E-state index is -0.864. The molecule has 0 aliphatic heterocycles. The van der Waals surface area contributed by atoms with Crippen LogP contribution in [-0.4, -0.2) is 28.9 Å². The molecule has 0 aromatic heterocycles. The number of ether oxygens (including phenoxy) is 1. The Kier molecular flexibility index (Phi) is 6.95. The van der Waals surface area contributed by atoms with Crippen LogP contribution in [0.3, 0.4) is 0 Å². The second-order valence-electron chi connectivity index (χ2n) is 13.6. The number of carbonyl (C=O) groups excluding carboxylic acids is 2. The maximum atomic E-state index is 12.9. The number of carboxylic acids is 1. The van der Waals surface area contributed by atoms with E-state index in [1.807, 2.05) is 6.08 Å². The average molecular weight is 511 g/mol. The molecule has 4 aliphatic carbocycles. The van der Waals surface area contributed by atoms with E-state index in [0.29, 0.717) is 29.6 Å². The van der Waals surface area contributed by atoms with Gasteiger partial charge in [0.2, 0.25) is 0 Å². The molecule has 1 N–H and O–H groups in total.